The van der Waals surface area contributed by atoms with E-state index in [1.54, 1.807) is 7.11 Å². The lowest BCUT2D eigenvalue weighted by atomic mass is 10.1. The lowest BCUT2D eigenvalue weighted by Gasteiger charge is -2.07. The van der Waals surface area contributed by atoms with Gasteiger partial charge in [-0.05, 0) is 47.5 Å². The Labute approximate surface area is 118 Å². The summed E-state index contributed by atoms with van der Waals surface area (Å²) < 4.78 is 5.21. The first-order chi connectivity index (χ1) is 9.69. The van der Waals surface area contributed by atoms with Crippen LogP contribution in [0.1, 0.15) is 18.4 Å². The molecule has 106 valence electrons. The number of fused-ring (bicyclic) bond motifs is 1. The van der Waals surface area contributed by atoms with Gasteiger partial charge >= 0.3 is 0 Å². The van der Waals surface area contributed by atoms with Gasteiger partial charge in [-0.15, -0.1) is 0 Å². The Hall–Kier alpha value is -2.07. The molecule has 0 heterocycles. The number of hydrogen-bond acceptors (Lipinski definition) is 3. The normalized spacial score (nSPS) is 10.7. The summed E-state index contributed by atoms with van der Waals surface area (Å²) in [5.41, 5.74) is 6.32. The van der Waals surface area contributed by atoms with Crippen LogP contribution in [-0.4, -0.2) is 19.6 Å². The van der Waals surface area contributed by atoms with E-state index in [9.17, 15) is 4.79 Å². The van der Waals surface area contributed by atoms with Crippen molar-refractivity contribution >= 4 is 16.7 Å². The molecular formula is C16H20N2O2. The van der Waals surface area contributed by atoms with Gasteiger partial charge in [-0.3, -0.25) is 4.79 Å². The molecule has 0 saturated carbocycles. The van der Waals surface area contributed by atoms with Crippen molar-refractivity contribution in [2.45, 2.75) is 19.4 Å². The molecule has 4 nitrogen and oxygen atoms in total. The van der Waals surface area contributed by atoms with Crippen molar-refractivity contribution < 1.29 is 9.53 Å². The summed E-state index contributed by atoms with van der Waals surface area (Å²) >= 11 is 0. The zero-order valence-electron chi connectivity index (χ0n) is 11.7. The standard InChI is InChI=1S/C16H20N2O2/c1-20-15-7-6-13-9-12(4-5-14(13)10-15)11-18-8-2-3-16(17)19/h4-7,9-10,18H,2-3,8,11H2,1H3,(H2,17,19). The second kappa shape index (κ2) is 6.91. The third kappa shape index (κ3) is 3.96. The van der Waals surface area contributed by atoms with Crippen LogP contribution >= 0.6 is 0 Å². The molecule has 2 rings (SSSR count). The molecule has 0 aromatic heterocycles. The zero-order chi connectivity index (χ0) is 14.4. The zero-order valence-corrected chi connectivity index (χ0v) is 11.7. The van der Waals surface area contributed by atoms with Gasteiger partial charge in [0, 0.05) is 13.0 Å². The van der Waals surface area contributed by atoms with Gasteiger partial charge in [-0.25, -0.2) is 0 Å². The van der Waals surface area contributed by atoms with E-state index < -0.39 is 0 Å². The van der Waals surface area contributed by atoms with Gasteiger partial charge in [0.05, 0.1) is 7.11 Å². The van der Waals surface area contributed by atoms with Crippen LogP contribution < -0.4 is 15.8 Å². The summed E-state index contributed by atoms with van der Waals surface area (Å²) in [6.07, 6.45) is 1.21. The predicted octanol–water partition coefficient (Wildman–Crippen LogP) is 2.20. The summed E-state index contributed by atoms with van der Waals surface area (Å²) in [7, 11) is 1.67. The number of ether oxygens (including phenoxy) is 1. The average Bonchev–Trinajstić information content (AvgIpc) is 2.46. The second-order valence-corrected chi connectivity index (χ2v) is 4.79. The summed E-state index contributed by atoms with van der Waals surface area (Å²) in [5, 5.41) is 5.68. The minimum atomic E-state index is -0.244. The summed E-state index contributed by atoms with van der Waals surface area (Å²) in [6.45, 7) is 1.59. The molecule has 4 heteroatoms. The minimum Gasteiger partial charge on any atom is -0.497 e. The van der Waals surface area contributed by atoms with E-state index >= 15 is 0 Å². The molecule has 0 radical (unpaired) electrons. The van der Waals surface area contributed by atoms with Crippen molar-refractivity contribution in [2.75, 3.05) is 13.7 Å². The minimum absolute atomic E-state index is 0.244. The highest BCUT2D eigenvalue weighted by atomic mass is 16.5. The van der Waals surface area contributed by atoms with Gasteiger partial charge in [-0.2, -0.15) is 0 Å². The van der Waals surface area contributed by atoms with Gasteiger partial charge in [0.2, 0.25) is 5.91 Å². The van der Waals surface area contributed by atoms with E-state index in [1.165, 1.54) is 16.3 Å². The Bertz CT molecular complexity index is 596. The van der Waals surface area contributed by atoms with E-state index in [0.29, 0.717) is 6.42 Å². The Morgan fingerprint density at radius 1 is 1.20 bits per heavy atom. The molecule has 0 aliphatic heterocycles. The van der Waals surface area contributed by atoms with Crippen LogP contribution in [-0.2, 0) is 11.3 Å². The largest absolute Gasteiger partial charge is 0.497 e. The number of hydrogen-bond donors (Lipinski definition) is 2. The maximum atomic E-state index is 10.6. The third-order valence-corrected chi connectivity index (χ3v) is 3.22. The summed E-state index contributed by atoms with van der Waals surface area (Å²) in [5.74, 6) is 0.626. The van der Waals surface area contributed by atoms with Gasteiger partial charge in [0.25, 0.3) is 0 Å². The molecule has 20 heavy (non-hydrogen) atoms. The molecule has 0 unspecified atom stereocenters. The Morgan fingerprint density at radius 3 is 2.70 bits per heavy atom. The maximum Gasteiger partial charge on any atom is 0.217 e. The fourth-order valence-corrected chi connectivity index (χ4v) is 2.13. The highest BCUT2D eigenvalue weighted by Gasteiger charge is 1.99. The van der Waals surface area contributed by atoms with Crippen LogP contribution in [0.25, 0.3) is 10.8 Å². The number of carbonyl (C=O) groups excluding carboxylic acids is 1. The quantitative estimate of drug-likeness (QED) is 0.759. The summed E-state index contributed by atoms with van der Waals surface area (Å²) in [6, 6.07) is 12.4. The number of benzene rings is 2. The smallest absolute Gasteiger partial charge is 0.217 e. The molecule has 0 aliphatic carbocycles. The number of carbonyl (C=O) groups is 1. The molecule has 3 N–H and O–H groups in total. The third-order valence-electron chi connectivity index (χ3n) is 3.22. The summed E-state index contributed by atoms with van der Waals surface area (Å²) in [4.78, 5) is 10.6. The van der Waals surface area contributed by atoms with E-state index in [1.807, 2.05) is 12.1 Å². The predicted molar refractivity (Wildman–Crippen MR) is 80.6 cm³/mol. The van der Waals surface area contributed by atoms with E-state index in [2.05, 4.69) is 29.6 Å². The molecule has 0 fully saturated rings. The first-order valence-electron chi connectivity index (χ1n) is 6.75. The Morgan fingerprint density at radius 2 is 1.95 bits per heavy atom. The van der Waals surface area contributed by atoms with Crippen molar-refractivity contribution in [1.82, 2.24) is 5.32 Å². The van der Waals surface area contributed by atoms with Gasteiger partial charge in [-0.1, -0.05) is 18.2 Å². The highest BCUT2D eigenvalue weighted by molar-refractivity contribution is 5.84. The van der Waals surface area contributed by atoms with E-state index in [4.69, 9.17) is 10.5 Å². The van der Waals surface area contributed by atoms with Gasteiger partial charge in [0.1, 0.15) is 5.75 Å². The first-order valence-corrected chi connectivity index (χ1v) is 6.75. The van der Waals surface area contributed by atoms with Crippen molar-refractivity contribution in [3.05, 3.63) is 42.0 Å². The van der Waals surface area contributed by atoms with Crippen LogP contribution in [0, 0.1) is 0 Å². The highest BCUT2D eigenvalue weighted by Crippen LogP contribution is 2.21. The fourth-order valence-electron chi connectivity index (χ4n) is 2.13. The van der Waals surface area contributed by atoms with Gasteiger partial charge in [0.15, 0.2) is 0 Å². The van der Waals surface area contributed by atoms with Crippen LogP contribution in [0.4, 0.5) is 0 Å². The van der Waals surface area contributed by atoms with Crippen LogP contribution in [0.3, 0.4) is 0 Å². The SMILES string of the molecule is COc1ccc2cc(CNCCCC(N)=O)ccc2c1. The lowest BCUT2D eigenvalue weighted by Crippen LogP contribution is -2.18. The van der Waals surface area contributed by atoms with Crippen molar-refractivity contribution in [3.8, 4) is 5.75 Å². The molecule has 1 amide bonds. The fraction of sp³-hybridized carbons (Fsp3) is 0.312. The number of nitrogens with two attached hydrogens (primary N) is 1. The van der Waals surface area contributed by atoms with Crippen molar-refractivity contribution in [1.29, 1.82) is 0 Å². The number of amides is 1. The molecule has 0 bridgehead atoms. The van der Waals surface area contributed by atoms with Crippen molar-refractivity contribution in [2.24, 2.45) is 5.73 Å². The van der Waals surface area contributed by atoms with Crippen LogP contribution in [0.2, 0.25) is 0 Å². The Balaban J connectivity index is 1.93. The van der Waals surface area contributed by atoms with E-state index in [0.717, 1.165) is 25.3 Å². The topological polar surface area (TPSA) is 64.3 Å². The maximum absolute atomic E-state index is 10.6. The molecular weight excluding hydrogens is 252 g/mol. The number of nitrogens with one attached hydrogen (secondary N) is 1. The van der Waals surface area contributed by atoms with Gasteiger partial charge < -0.3 is 15.8 Å². The second-order valence-electron chi connectivity index (χ2n) is 4.79. The molecule has 0 spiro atoms. The van der Waals surface area contributed by atoms with Crippen LogP contribution in [0.15, 0.2) is 36.4 Å². The van der Waals surface area contributed by atoms with Crippen molar-refractivity contribution in [3.63, 3.8) is 0 Å². The number of methoxy groups -OCH3 is 1. The first kappa shape index (κ1) is 14.3. The Kier molecular flexibility index (Phi) is 4.96. The molecule has 2 aromatic rings. The van der Waals surface area contributed by atoms with Crippen LogP contribution in [0.5, 0.6) is 5.75 Å². The molecule has 0 saturated heterocycles. The molecule has 0 aliphatic rings. The lowest BCUT2D eigenvalue weighted by molar-refractivity contribution is -0.118. The number of rotatable bonds is 7. The van der Waals surface area contributed by atoms with E-state index in [-0.39, 0.29) is 5.91 Å². The molecule has 2 aromatic carbocycles. The molecule has 0 atom stereocenters. The number of primary amides is 1. The average molecular weight is 272 g/mol. The monoisotopic (exact) mass is 272 g/mol.